The van der Waals surface area contributed by atoms with Crippen molar-refractivity contribution in [2.24, 2.45) is 0 Å². The quantitative estimate of drug-likeness (QED) is 0.606. The van der Waals surface area contributed by atoms with Gasteiger partial charge in [0.15, 0.2) is 0 Å². The maximum atomic E-state index is 12.3. The molecule has 0 aromatic heterocycles. The molecule has 0 saturated heterocycles. The molecule has 0 saturated carbocycles. The van der Waals surface area contributed by atoms with E-state index in [9.17, 15) is 4.39 Å². The molecule has 0 N–H and O–H groups in total. The predicted octanol–water partition coefficient (Wildman–Crippen LogP) is 2.61. The van der Waals surface area contributed by atoms with Crippen molar-refractivity contribution in [3.63, 3.8) is 0 Å². The summed E-state index contributed by atoms with van der Waals surface area (Å²) >= 11 is 2.05. The van der Waals surface area contributed by atoms with Crippen molar-refractivity contribution in [1.29, 1.82) is 0 Å². The lowest BCUT2D eigenvalue weighted by molar-refractivity contribution is 0.626. The van der Waals surface area contributed by atoms with E-state index in [0.717, 1.165) is 9.13 Å². The van der Waals surface area contributed by atoms with Crippen molar-refractivity contribution >= 4 is 22.6 Å². The summed E-state index contributed by atoms with van der Waals surface area (Å²) in [5, 5.41) is 0. The van der Waals surface area contributed by atoms with Crippen LogP contribution < -0.4 is 0 Å². The SMILES string of the molecule is [CH2]c1ccc(F)cc1I. The fourth-order valence-electron chi connectivity index (χ4n) is 0.522. The van der Waals surface area contributed by atoms with Crippen LogP contribution in [0.25, 0.3) is 0 Å². The Morgan fingerprint density at radius 2 is 2.11 bits per heavy atom. The summed E-state index contributed by atoms with van der Waals surface area (Å²) in [6.07, 6.45) is 0. The van der Waals surface area contributed by atoms with Gasteiger partial charge in [-0.2, -0.15) is 0 Å². The molecule has 0 aliphatic heterocycles. The minimum Gasteiger partial charge on any atom is -0.207 e. The van der Waals surface area contributed by atoms with E-state index in [1.807, 2.05) is 22.6 Å². The summed E-state index contributed by atoms with van der Waals surface area (Å²) in [5.41, 5.74) is 0.872. The number of hydrogen-bond acceptors (Lipinski definition) is 0. The molecule has 0 nitrogen and oxygen atoms in total. The summed E-state index contributed by atoms with van der Waals surface area (Å²) in [4.78, 5) is 0. The van der Waals surface area contributed by atoms with Crippen molar-refractivity contribution < 1.29 is 4.39 Å². The molecule has 1 radical (unpaired) electrons. The normalized spacial score (nSPS) is 9.67. The Morgan fingerprint density at radius 1 is 1.44 bits per heavy atom. The van der Waals surface area contributed by atoms with Gasteiger partial charge in [0.25, 0.3) is 0 Å². The van der Waals surface area contributed by atoms with Gasteiger partial charge in [0, 0.05) is 3.57 Å². The van der Waals surface area contributed by atoms with Crippen LogP contribution >= 0.6 is 22.6 Å². The highest BCUT2D eigenvalue weighted by molar-refractivity contribution is 14.1. The Morgan fingerprint density at radius 3 is 2.56 bits per heavy atom. The second kappa shape index (κ2) is 2.64. The van der Waals surface area contributed by atoms with E-state index in [1.54, 1.807) is 6.07 Å². The summed E-state index contributed by atoms with van der Waals surface area (Å²) < 4.78 is 13.2. The molecule has 1 rings (SSSR count). The first-order valence-electron chi connectivity index (χ1n) is 2.47. The second-order valence-electron chi connectivity index (χ2n) is 1.74. The molecule has 0 fully saturated rings. The molecule has 47 valence electrons. The van der Waals surface area contributed by atoms with Crippen LogP contribution in [0.4, 0.5) is 4.39 Å². The van der Waals surface area contributed by atoms with E-state index in [-0.39, 0.29) is 5.82 Å². The average molecular weight is 235 g/mol. The van der Waals surface area contributed by atoms with E-state index in [4.69, 9.17) is 0 Å². The molecule has 9 heavy (non-hydrogen) atoms. The smallest absolute Gasteiger partial charge is 0.124 e. The lowest BCUT2D eigenvalue weighted by Gasteiger charge is -1.94. The zero-order valence-corrected chi connectivity index (χ0v) is 6.85. The molecule has 0 heterocycles. The van der Waals surface area contributed by atoms with Crippen LogP contribution in [0.15, 0.2) is 18.2 Å². The first-order valence-corrected chi connectivity index (χ1v) is 3.55. The van der Waals surface area contributed by atoms with Gasteiger partial charge in [-0.3, -0.25) is 0 Å². The van der Waals surface area contributed by atoms with Crippen LogP contribution in [-0.2, 0) is 0 Å². The Hall–Kier alpha value is -0.120. The Kier molecular flexibility index (Phi) is 2.05. The molecule has 2 heteroatoms. The Bertz CT molecular complexity index is 220. The predicted molar refractivity (Wildman–Crippen MR) is 43.6 cm³/mol. The molecule has 0 aliphatic rings. The van der Waals surface area contributed by atoms with E-state index in [2.05, 4.69) is 6.92 Å². The number of rotatable bonds is 0. The summed E-state index contributed by atoms with van der Waals surface area (Å²) in [7, 11) is 0. The van der Waals surface area contributed by atoms with E-state index >= 15 is 0 Å². The standard InChI is InChI=1S/C7H5FI/c1-5-2-3-6(8)4-7(5)9/h2-4H,1H2. The fourth-order valence-corrected chi connectivity index (χ4v) is 0.999. The summed E-state index contributed by atoms with van der Waals surface area (Å²) in [6, 6.07) is 4.53. The largest absolute Gasteiger partial charge is 0.207 e. The van der Waals surface area contributed by atoms with Crippen molar-refractivity contribution in [3.8, 4) is 0 Å². The molecular formula is C7H5FI. The zero-order chi connectivity index (χ0) is 6.85. The lowest BCUT2D eigenvalue weighted by atomic mass is 10.2. The molecule has 0 bridgehead atoms. The number of benzene rings is 1. The molecular weight excluding hydrogens is 230 g/mol. The molecule has 0 amide bonds. The molecule has 1 aromatic carbocycles. The molecule has 0 spiro atoms. The van der Waals surface area contributed by atoms with Gasteiger partial charge in [-0.15, -0.1) is 0 Å². The lowest BCUT2D eigenvalue weighted by Crippen LogP contribution is -1.80. The van der Waals surface area contributed by atoms with Gasteiger partial charge in [-0.25, -0.2) is 4.39 Å². The topological polar surface area (TPSA) is 0 Å². The summed E-state index contributed by atoms with van der Waals surface area (Å²) in [6.45, 7) is 3.69. The monoisotopic (exact) mass is 235 g/mol. The van der Waals surface area contributed by atoms with Gasteiger partial charge in [-0.05, 0) is 47.2 Å². The van der Waals surface area contributed by atoms with Crippen LogP contribution in [0.1, 0.15) is 5.56 Å². The van der Waals surface area contributed by atoms with Crippen LogP contribution in [0.2, 0.25) is 0 Å². The average Bonchev–Trinajstić information content (AvgIpc) is 1.80. The zero-order valence-electron chi connectivity index (χ0n) is 4.70. The van der Waals surface area contributed by atoms with Crippen molar-refractivity contribution in [1.82, 2.24) is 0 Å². The third kappa shape index (κ3) is 1.64. The van der Waals surface area contributed by atoms with E-state index in [0.29, 0.717) is 0 Å². The number of hydrogen-bond donors (Lipinski definition) is 0. The first-order chi connectivity index (χ1) is 4.20. The highest BCUT2D eigenvalue weighted by Crippen LogP contribution is 2.11. The third-order valence-corrected chi connectivity index (χ3v) is 2.02. The highest BCUT2D eigenvalue weighted by atomic mass is 127. The second-order valence-corrected chi connectivity index (χ2v) is 2.90. The minimum atomic E-state index is -0.202. The third-order valence-electron chi connectivity index (χ3n) is 1.02. The van der Waals surface area contributed by atoms with Gasteiger partial charge < -0.3 is 0 Å². The van der Waals surface area contributed by atoms with Crippen molar-refractivity contribution in [2.75, 3.05) is 0 Å². The van der Waals surface area contributed by atoms with Crippen LogP contribution in [0, 0.1) is 16.3 Å². The highest BCUT2D eigenvalue weighted by Gasteiger charge is 1.93. The molecule has 0 aliphatic carbocycles. The maximum absolute atomic E-state index is 12.3. The van der Waals surface area contributed by atoms with Crippen LogP contribution in [-0.4, -0.2) is 0 Å². The first kappa shape index (κ1) is 6.99. The van der Waals surface area contributed by atoms with Crippen LogP contribution in [0.5, 0.6) is 0 Å². The van der Waals surface area contributed by atoms with Crippen LogP contribution in [0.3, 0.4) is 0 Å². The number of halogens is 2. The van der Waals surface area contributed by atoms with Gasteiger partial charge in [0.05, 0.1) is 0 Å². The van der Waals surface area contributed by atoms with Crippen molar-refractivity contribution in [2.45, 2.75) is 0 Å². The fraction of sp³-hybridized carbons (Fsp3) is 0. The summed E-state index contributed by atoms with van der Waals surface area (Å²) in [5.74, 6) is -0.202. The van der Waals surface area contributed by atoms with Crippen molar-refractivity contribution in [3.05, 3.63) is 40.1 Å². The molecule has 0 atom stereocenters. The molecule has 1 aromatic rings. The van der Waals surface area contributed by atoms with Gasteiger partial charge in [0.2, 0.25) is 0 Å². The Labute approximate surface area is 67.2 Å². The van der Waals surface area contributed by atoms with Gasteiger partial charge in [0.1, 0.15) is 5.82 Å². The Balaban J connectivity index is 3.17. The maximum Gasteiger partial charge on any atom is 0.124 e. The van der Waals surface area contributed by atoms with E-state index in [1.165, 1.54) is 12.1 Å². The minimum absolute atomic E-state index is 0.202. The van der Waals surface area contributed by atoms with E-state index < -0.39 is 0 Å². The molecule has 0 unspecified atom stereocenters. The van der Waals surface area contributed by atoms with Gasteiger partial charge in [-0.1, -0.05) is 6.07 Å². The van der Waals surface area contributed by atoms with Gasteiger partial charge >= 0.3 is 0 Å².